The first-order chi connectivity index (χ1) is 12.5. The second kappa shape index (κ2) is 8.72. The van der Waals surface area contributed by atoms with E-state index in [9.17, 15) is 19.7 Å². The summed E-state index contributed by atoms with van der Waals surface area (Å²) in [6.45, 7) is 0. The van der Waals surface area contributed by atoms with Gasteiger partial charge in [0, 0.05) is 11.8 Å². The maximum Gasteiger partial charge on any atom is 0.323 e. The summed E-state index contributed by atoms with van der Waals surface area (Å²) in [6, 6.07) is 12.2. The smallest absolute Gasteiger partial charge is 0.323 e. The van der Waals surface area contributed by atoms with E-state index in [-0.39, 0.29) is 17.2 Å². The van der Waals surface area contributed by atoms with Gasteiger partial charge in [0.15, 0.2) is 0 Å². The van der Waals surface area contributed by atoms with Crippen molar-refractivity contribution < 1.29 is 19.2 Å². The van der Waals surface area contributed by atoms with Crippen molar-refractivity contribution in [3.8, 4) is 0 Å². The summed E-state index contributed by atoms with van der Waals surface area (Å²) in [6.07, 6.45) is 0.432. The molecule has 2 N–H and O–H groups in total. The van der Waals surface area contributed by atoms with Crippen molar-refractivity contribution >= 4 is 23.3 Å². The molecule has 0 aliphatic heterocycles. The van der Waals surface area contributed by atoms with Crippen LogP contribution in [0.15, 0.2) is 48.5 Å². The van der Waals surface area contributed by atoms with Crippen molar-refractivity contribution in [2.24, 2.45) is 0 Å². The van der Waals surface area contributed by atoms with E-state index in [2.05, 4.69) is 10.6 Å². The van der Waals surface area contributed by atoms with E-state index < -0.39 is 16.9 Å². The summed E-state index contributed by atoms with van der Waals surface area (Å²) in [7, 11) is 3.00. The number of anilines is 1. The van der Waals surface area contributed by atoms with Gasteiger partial charge in [-0.25, -0.2) is 0 Å². The number of nitro benzene ring substituents is 1. The van der Waals surface area contributed by atoms with Crippen LogP contribution in [0.4, 0.5) is 11.4 Å². The number of amides is 1. The molecule has 136 valence electrons. The first-order valence-electron chi connectivity index (χ1n) is 7.85. The number of methoxy groups -OCH3 is 1. The van der Waals surface area contributed by atoms with Gasteiger partial charge in [-0.1, -0.05) is 24.3 Å². The van der Waals surface area contributed by atoms with E-state index in [1.54, 1.807) is 37.4 Å². The summed E-state index contributed by atoms with van der Waals surface area (Å²) >= 11 is 0. The number of nitrogens with zero attached hydrogens (tertiary/aromatic N) is 1. The van der Waals surface area contributed by atoms with E-state index in [1.807, 2.05) is 0 Å². The third kappa shape index (κ3) is 4.64. The molecule has 0 spiro atoms. The summed E-state index contributed by atoms with van der Waals surface area (Å²) in [4.78, 5) is 34.3. The van der Waals surface area contributed by atoms with Crippen molar-refractivity contribution in [2.45, 2.75) is 12.5 Å². The van der Waals surface area contributed by atoms with Crippen LogP contribution in [0, 0.1) is 10.1 Å². The number of esters is 1. The Hall–Kier alpha value is -3.26. The van der Waals surface area contributed by atoms with Crippen molar-refractivity contribution in [3.05, 3.63) is 69.8 Å². The molecule has 0 heterocycles. The zero-order valence-corrected chi connectivity index (χ0v) is 14.4. The molecule has 0 saturated carbocycles. The molecule has 0 saturated heterocycles. The van der Waals surface area contributed by atoms with Crippen LogP contribution in [0.2, 0.25) is 0 Å². The number of hydrogen-bond donors (Lipinski definition) is 2. The van der Waals surface area contributed by atoms with Crippen LogP contribution >= 0.6 is 0 Å². The number of likely N-dealkylation sites (N-methyl/N-ethyl adjacent to an activating group) is 1. The van der Waals surface area contributed by atoms with E-state index in [4.69, 9.17) is 4.74 Å². The first kappa shape index (κ1) is 19.1. The molecule has 1 unspecified atom stereocenters. The number of benzene rings is 2. The predicted octanol–water partition coefficient (Wildman–Crippen LogP) is 2.15. The highest BCUT2D eigenvalue weighted by molar-refractivity contribution is 6.07. The van der Waals surface area contributed by atoms with E-state index in [1.165, 1.54) is 25.3 Å². The lowest BCUT2D eigenvalue weighted by molar-refractivity contribution is -0.385. The first-order valence-corrected chi connectivity index (χ1v) is 7.85. The van der Waals surface area contributed by atoms with Gasteiger partial charge >= 0.3 is 5.97 Å². The summed E-state index contributed by atoms with van der Waals surface area (Å²) in [5, 5.41) is 16.5. The molecule has 2 rings (SSSR count). The quantitative estimate of drug-likeness (QED) is 0.446. The lowest BCUT2D eigenvalue weighted by Crippen LogP contribution is -2.36. The van der Waals surface area contributed by atoms with Gasteiger partial charge < -0.3 is 15.4 Å². The topological polar surface area (TPSA) is 111 Å². The Kier molecular flexibility index (Phi) is 6.40. The van der Waals surface area contributed by atoms with Crippen molar-refractivity contribution in [1.82, 2.24) is 5.32 Å². The van der Waals surface area contributed by atoms with E-state index in [0.29, 0.717) is 12.1 Å². The van der Waals surface area contributed by atoms with Crippen molar-refractivity contribution in [2.75, 3.05) is 19.5 Å². The van der Waals surface area contributed by atoms with Gasteiger partial charge in [-0.05, 0) is 37.2 Å². The fraction of sp³-hybridized carbons (Fsp3) is 0.222. The van der Waals surface area contributed by atoms with Gasteiger partial charge in [-0.15, -0.1) is 0 Å². The normalized spacial score (nSPS) is 11.5. The number of nitro groups is 1. The average Bonchev–Trinajstić information content (AvgIpc) is 2.66. The maximum absolute atomic E-state index is 12.3. The zero-order chi connectivity index (χ0) is 19.1. The molecule has 0 radical (unpaired) electrons. The molecular weight excluding hydrogens is 338 g/mol. The van der Waals surface area contributed by atoms with Crippen LogP contribution in [0.25, 0.3) is 0 Å². The summed E-state index contributed by atoms with van der Waals surface area (Å²) < 4.78 is 4.72. The Morgan fingerprint density at radius 1 is 1.15 bits per heavy atom. The predicted molar refractivity (Wildman–Crippen MR) is 96.1 cm³/mol. The molecular formula is C18H19N3O5. The number of nitrogens with one attached hydrogen (secondary N) is 2. The third-order valence-electron chi connectivity index (χ3n) is 3.83. The lowest BCUT2D eigenvalue weighted by Gasteiger charge is -2.14. The number of para-hydroxylation sites is 1. The largest absolute Gasteiger partial charge is 0.468 e. The zero-order valence-electron chi connectivity index (χ0n) is 14.4. The standard InChI is InChI=1S/C18H19N3O5/c1-19-15(18(23)26-2)11-12-7-9-13(10-8-12)20-17(22)14-5-3-4-6-16(14)21(24)25/h3-10,15,19H,11H2,1-2H3,(H,20,22). The van der Waals surface area contributed by atoms with Gasteiger partial charge in [0.1, 0.15) is 11.6 Å². The van der Waals surface area contributed by atoms with E-state index >= 15 is 0 Å². The molecule has 2 aromatic rings. The number of carbonyl (C=O) groups is 2. The molecule has 0 aliphatic carbocycles. The van der Waals surface area contributed by atoms with Crippen LogP contribution < -0.4 is 10.6 Å². The Bertz CT molecular complexity index is 805. The summed E-state index contributed by atoms with van der Waals surface area (Å²) in [5.41, 5.74) is 1.11. The van der Waals surface area contributed by atoms with Gasteiger partial charge in [0.25, 0.3) is 11.6 Å². The van der Waals surface area contributed by atoms with Crippen LogP contribution in [0.5, 0.6) is 0 Å². The minimum absolute atomic E-state index is 0.0116. The molecule has 0 fully saturated rings. The van der Waals surface area contributed by atoms with Gasteiger partial charge in [0.05, 0.1) is 12.0 Å². The highest BCUT2D eigenvalue weighted by atomic mass is 16.6. The van der Waals surface area contributed by atoms with Crippen molar-refractivity contribution in [1.29, 1.82) is 0 Å². The third-order valence-corrected chi connectivity index (χ3v) is 3.83. The second-order valence-electron chi connectivity index (χ2n) is 5.49. The Morgan fingerprint density at radius 2 is 1.81 bits per heavy atom. The highest BCUT2D eigenvalue weighted by Crippen LogP contribution is 2.20. The Balaban J connectivity index is 2.09. The van der Waals surface area contributed by atoms with Crippen molar-refractivity contribution in [3.63, 3.8) is 0 Å². The average molecular weight is 357 g/mol. The molecule has 1 amide bonds. The molecule has 0 aromatic heterocycles. The monoisotopic (exact) mass is 357 g/mol. The van der Waals surface area contributed by atoms with Crippen LogP contribution in [-0.2, 0) is 16.0 Å². The lowest BCUT2D eigenvalue weighted by atomic mass is 10.1. The SMILES string of the molecule is CNC(Cc1ccc(NC(=O)c2ccccc2[N+](=O)[O-])cc1)C(=O)OC. The molecule has 26 heavy (non-hydrogen) atoms. The van der Waals surface area contributed by atoms with Gasteiger partial charge in [-0.2, -0.15) is 0 Å². The van der Waals surface area contributed by atoms with E-state index in [0.717, 1.165) is 5.56 Å². The van der Waals surface area contributed by atoms with Gasteiger partial charge in [0.2, 0.25) is 0 Å². The fourth-order valence-corrected chi connectivity index (χ4v) is 2.43. The number of rotatable bonds is 7. The summed E-state index contributed by atoms with van der Waals surface area (Å²) in [5.74, 6) is -0.922. The van der Waals surface area contributed by atoms with Crippen LogP contribution in [0.3, 0.4) is 0 Å². The number of ether oxygens (including phenoxy) is 1. The fourth-order valence-electron chi connectivity index (χ4n) is 2.43. The van der Waals surface area contributed by atoms with Gasteiger partial charge in [-0.3, -0.25) is 19.7 Å². The Labute approximate surface area is 150 Å². The molecule has 2 aromatic carbocycles. The highest BCUT2D eigenvalue weighted by Gasteiger charge is 2.20. The minimum Gasteiger partial charge on any atom is -0.468 e. The number of carbonyl (C=O) groups excluding carboxylic acids is 2. The van der Waals surface area contributed by atoms with Crippen LogP contribution in [-0.4, -0.2) is 37.0 Å². The number of hydrogen-bond acceptors (Lipinski definition) is 6. The molecule has 0 bridgehead atoms. The maximum atomic E-state index is 12.3. The molecule has 1 atom stereocenters. The Morgan fingerprint density at radius 3 is 2.38 bits per heavy atom. The second-order valence-corrected chi connectivity index (χ2v) is 5.49. The molecule has 8 nitrogen and oxygen atoms in total. The minimum atomic E-state index is -0.595. The molecule has 0 aliphatic rings. The van der Waals surface area contributed by atoms with Crippen LogP contribution in [0.1, 0.15) is 15.9 Å². The molecule has 8 heteroatoms.